The lowest BCUT2D eigenvalue weighted by atomic mass is 10.3. The zero-order valence-corrected chi connectivity index (χ0v) is 13.6. The van der Waals surface area contributed by atoms with Crippen molar-refractivity contribution in [3.63, 3.8) is 0 Å². The van der Waals surface area contributed by atoms with Crippen LogP contribution in [0, 0.1) is 13.8 Å². The van der Waals surface area contributed by atoms with Gasteiger partial charge >= 0.3 is 5.84 Å². The van der Waals surface area contributed by atoms with Crippen LogP contribution in [0.15, 0.2) is 70.9 Å². The molecule has 0 aliphatic heterocycles. The van der Waals surface area contributed by atoms with E-state index in [0.29, 0.717) is 11.7 Å². The third kappa shape index (κ3) is 3.38. The predicted octanol–water partition coefficient (Wildman–Crippen LogP) is 3.77. The van der Waals surface area contributed by atoms with Gasteiger partial charge < -0.3 is 4.98 Å². The highest BCUT2D eigenvalue weighted by atomic mass is 15.4. The highest BCUT2D eigenvalue weighted by Crippen LogP contribution is 2.15. The van der Waals surface area contributed by atoms with Gasteiger partial charge in [0, 0.05) is 5.69 Å². The summed E-state index contributed by atoms with van der Waals surface area (Å²) in [5.74, 6) is 7.30. The molecule has 2 aromatic carbocycles. The number of hydrogen-bond acceptors (Lipinski definition) is 3. The van der Waals surface area contributed by atoms with Gasteiger partial charge in [-0.2, -0.15) is 0 Å². The molecule has 0 atom stereocenters. The summed E-state index contributed by atoms with van der Waals surface area (Å²) in [7, 11) is 0. The van der Waals surface area contributed by atoms with E-state index in [1.807, 2.05) is 74.5 Å². The van der Waals surface area contributed by atoms with E-state index >= 15 is 0 Å². The molecule has 6 heteroatoms. The molecule has 0 amide bonds. The Morgan fingerprint density at radius 3 is 2.21 bits per heavy atom. The topological polar surface area (TPSA) is 82.4 Å². The van der Waals surface area contributed by atoms with Crippen molar-refractivity contribution in [2.24, 2.45) is 16.1 Å². The van der Waals surface area contributed by atoms with Crippen molar-refractivity contribution in [3.05, 3.63) is 77.9 Å². The molecule has 0 unspecified atom stereocenters. The summed E-state index contributed by atoms with van der Waals surface area (Å²) < 4.78 is 1.48. The Kier molecular flexibility index (Phi) is 4.47. The Hall–Kier alpha value is -3.28. The van der Waals surface area contributed by atoms with Gasteiger partial charge in [0.05, 0.1) is 10.8 Å². The van der Waals surface area contributed by atoms with Crippen molar-refractivity contribution >= 4 is 17.2 Å². The number of hydrogen-bond donors (Lipinski definition) is 2. The number of azo groups is 1. The van der Waals surface area contributed by atoms with Gasteiger partial charge in [-0.15, -0.1) is 4.68 Å². The molecule has 0 saturated carbocycles. The summed E-state index contributed by atoms with van der Waals surface area (Å²) >= 11 is 0. The van der Waals surface area contributed by atoms with Crippen LogP contribution in [0.25, 0.3) is 0 Å². The fourth-order valence-electron chi connectivity index (χ4n) is 2.17. The summed E-state index contributed by atoms with van der Waals surface area (Å²) in [5.41, 5.74) is 3.42. The van der Waals surface area contributed by atoms with Gasteiger partial charge in [0.2, 0.25) is 5.82 Å². The Bertz CT molecular complexity index is 859. The number of H-pyrrole nitrogens is 1. The van der Waals surface area contributed by atoms with E-state index in [-0.39, 0.29) is 0 Å². The number of rotatable bonds is 3. The molecule has 0 radical (unpaired) electrons. The van der Waals surface area contributed by atoms with E-state index in [1.54, 1.807) is 0 Å². The SMILES string of the molecule is Cc1nc(C(N=Nc2ccccc2)=[N+](N)c2ccccc2)[nH]c1C. The van der Waals surface area contributed by atoms with Crippen LogP contribution in [0.2, 0.25) is 0 Å². The number of nitrogens with zero attached hydrogens (tertiary/aromatic N) is 4. The van der Waals surface area contributed by atoms with Gasteiger partial charge in [-0.05, 0) is 43.2 Å². The van der Waals surface area contributed by atoms with E-state index in [2.05, 4.69) is 20.2 Å². The maximum atomic E-state index is 6.28. The Morgan fingerprint density at radius 1 is 1.00 bits per heavy atom. The van der Waals surface area contributed by atoms with Crippen molar-refractivity contribution in [2.75, 3.05) is 0 Å². The van der Waals surface area contributed by atoms with Crippen LogP contribution in [0.5, 0.6) is 0 Å². The molecule has 1 heterocycles. The first-order valence-electron chi connectivity index (χ1n) is 7.62. The predicted molar refractivity (Wildman–Crippen MR) is 93.7 cm³/mol. The van der Waals surface area contributed by atoms with Gasteiger partial charge in [0.1, 0.15) is 5.69 Å². The third-order valence-electron chi connectivity index (χ3n) is 3.62. The second-order valence-electron chi connectivity index (χ2n) is 5.36. The number of hydrazone groups is 1. The van der Waals surface area contributed by atoms with Crippen molar-refractivity contribution in [2.45, 2.75) is 13.8 Å². The molecule has 1 aromatic heterocycles. The van der Waals surface area contributed by atoms with E-state index in [1.165, 1.54) is 4.68 Å². The first kappa shape index (κ1) is 15.6. The van der Waals surface area contributed by atoms with E-state index in [9.17, 15) is 0 Å². The van der Waals surface area contributed by atoms with Gasteiger partial charge in [-0.25, -0.2) is 4.98 Å². The fourth-order valence-corrected chi connectivity index (χ4v) is 2.17. The highest BCUT2D eigenvalue weighted by molar-refractivity contribution is 5.92. The number of aromatic nitrogens is 2. The molecule has 24 heavy (non-hydrogen) atoms. The largest absolute Gasteiger partial charge is 0.416 e. The van der Waals surface area contributed by atoms with Gasteiger partial charge in [-0.3, -0.25) is 5.84 Å². The molecule has 0 spiro atoms. The number of aryl methyl sites for hydroxylation is 2. The molecule has 0 bridgehead atoms. The molecule has 3 rings (SSSR count). The summed E-state index contributed by atoms with van der Waals surface area (Å²) in [5, 5.41) is 8.62. The monoisotopic (exact) mass is 319 g/mol. The van der Waals surface area contributed by atoms with Gasteiger partial charge in [0.15, 0.2) is 5.69 Å². The molecule has 0 aliphatic rings. The number of aromatic amines is 1. The van der Waals surface area contributed by atoms with Crippen molar-refractivity contribution in [1.82, 2.24) is 9.97 Å². The number of nitrogens with two attached hydrogens (primary N) is 1. The first-order valence-corrected chi connectivity index (χ1v) is 7.62. The van der Waals surface area contributed by atoms with Crippen molar-refractivity contribution < 1.29 is 4.68 Å². The number of benzene rings is 2. The molecule has 6 nitrogen and oxygen atoms in total. The molecule has 0 saturated heterocycles. The summed E-state index contributed by atoms with van der Waals surface area (Å²) in [4.78, 5) is 7.71. The number of nitrogens with one attached hydrogen (secondary N) is 1. The smallest absolute Gasteiger partial charge is 0.335 e. The van der Waals surface area contributed by atoms with E-state index in [4.69, 9.17) is 5.84 Å². The zero-order valence-electron chi connectivity index (χ0n) is 13.6. The number of para-hydroxylation sites is 1. The Morgan fingerprint density at radius 2 is 1.62 bits per heavy atom. The minimum atomic E-state index is 0.446. The van der Waals surface area contributed by atoms with Crippen LogP contribution >= 0.6 is 0 Å². The summed E-state index contributed by atoms with van der Waals surface area (Å²) in [6, 6.07) is 19.1. The second kappa shape index (κ2) is 6.87. The van der Waals surface area contributed by atoms with Crippen LogP contribution in [0.1, 0.15) is 17.2 Å². The minimum Gasteiger partial charge on any atom is -0.335 e. The summed E-state index contributed by atoms with van der Waals surface area (Å²) in [6.07, 6.45) is 0. The van der Waals surface area contributed by atoms with Crippen LogP contribution in [-0.4, -0.2) is 20.5 Å². The first-order chi connectivity index (χ1) is 11.6. The lowest BCUT2D eigenvalue weighted by Gasteiger charge is -2.00. The van der Waals surface area contributed by atoms with Crippen LogP contribution in [0.3, 0.4) is 0 Å². The molecule has 0 aliphatic carbocycles. The standard InChI is InChI=1S/C18H18N6/c1-13-14(2)21-17(20-13)18(23-22-15-9-5-3-6-10-15)24(19)16-11-7-4-8-12-16/h3-12H,19H2,1-2H3/p+1. The van der Waals surface area contributed by atoms with Gasteiger partial charge in [0.25, 0.3) is 0 Å². The molecule has 0 fully saturated rings. The second-order valence-corrected chi connectivity index (χ2v) is 5.36. The normalized spacial score (nSPS) is 12.4. The average molecular weight is 319 g/mol. The summed E-state index contributed by atoms with van der Waals surface area (Å²) in [6.45, 7) is 3.89. The molecular formula is C18H19N6+. The zero-order chi connectivity index (χ0) is 16.9. The lowest BCUT2D eigenvalue weighted by Crippen LogP contribution is -2.23. The van der Waals surface area contributed by atoms with Crippen LogP contribution in [-0.2, 0) is 0 Å². The van der Waals surface area contributed by atoms with Gasteiger partial charge in [-0.1, -0.05) is 36.4 Å². The van der Waals surface area contributed by atoms with E-state index in [0.717, 1.165) is 22.8 Å². The lowest BCUT2D eigenvalue weighted by molar-refractivity contribution is -0.453. The van der Waals surface area contributed by atoms with Crippen LogP contribution in [0.4, 0.5) is 11.4 Å². The van der Waals surface area contributed by atoms with Crippen LogP contribution < -0.4 is 5.84 Å². The third-order valence-corrected chi connectivity index (χ3v) is 3.62. The van der Waals surface area contributed by atoms with Crippen molar-refractivity contribution in [1.29, 1.82) is 0 Å². The molecule has 120 valence electrons. The minimum absolute atomic E-state index is 0.446. The maximum absolute atomic E-state index is 6.28. The van der Waals surface area contributed by atoms with E-state index < -0.39 is 0 Å². The highest BCUT2D eigenvalue weighted by Gasteiger charge is 2.22. The number of hydrazine groups is 1. The maximum Gasteiger partial charge on any atom is 0.416 e. The fraction of sp³-hybridized carbons (Fsp3) is 0.111. The average Bonchev–Trinajstić information content (AvgIpc) is 2.95. The van der Waals surface area contributed by atoms with Crippen molar-refractivity contribution in [3.8, 4) is 0 Å². The molecule has 3 aromatic rings. The number of amidine groups is 1. The Balaban J connectivity index is 2.09. The Labute approximate surface area is 140 Å². The molecule has 3 N–H and O–H groups in total. The number of imidazole rings is 1. The quantitative estimate of drug-likeness (QED) is 0.192. The molecular weight excluding hydrogens is 300 g/mol.